The van der Waals surface area contributed by atoms with Gasteiger partial charge in [-0.1, -0.05) is 18.2 Å². The lowest BCUT2D eigenvalue weighted by atomic mass is 10.1. The quantitative estimate of drug-likeness (QED) is 0.895. The lowest BCUT2D eigenvalue weighted by Gasteiger charge is -2.32. The van der Waals surface area contributed by atoms with Crippen LogP contribution in [0.1, 0.15) is 23.3 Å². The van der Waals surface area contributed by atoms with Crippen LogP contribution in [0.4, 0.5) is 0 Å². The van der Waals surface area contributed by atoms with Crippen molar-refractivity contribution in [3.63, 3.8) is 0 Å². The molecule has 7 nitrogen and oxygen atoms in total. The molecule has 0 unspecified atom stereocenters. The predicted molar refractivity (Wildman–Crippen MR) is 81.0 cm³/mol. The van der Waals surface area contributed by atoms with Gasteiger partial charge in [0.1, 0.15) is 17.7 Å². The van der Waals surface area contributed by atoms with E-state index in [0.29, 0.717) is 31.9 Å². The number of H-pyrrole nitrogens is 1. The van der Waals surface area contributed by atoms with Crippen molar-refractivity contribution in [2.24, 2.45) is 0 Å². The fraction of sp³-hybridized carbons (Fsp3) is 0.438. The molecule has 4 rings (SSSR count). The van der Waals surface area contributed by atoms with Gasteiger partial charge in [0.2, 0.25) is 0 Å². The summed E-state index contributed by atoms with van der Waals surface area (Å²) in [5.74, 6) is 2.14. The smallest absolute Gasteiger partial charge is 0.264 e. The maximum atomic E-state index is 12.7. The Balaban J connectivity index is 1.45. The lowest BCUT2D eigenvalue weighted by Crippen LogP contribution is -2.48. The SMILES string of the molecule is Cc1nc([C@H]2CN(C(=O)[C@H]3Cc4ccccc4O3)CCO2)n[nH]1. The minimum Gasteiger partial charge on any atom is -0.480 e. The second kappa shape index (κ2) is 5.66. The number of para-hydroxylation sites is 1. The molecule has 1 aromatic carbocycles. The number of nitrogens with zero attached hydrogens (tertiary/aromatic N) is 3. The minimum atomic E-state index is -0.444. The van der Waals surface area contributed by atoms with E-state index in [4.69, 9.17) is 9.47 Å². The number of carbonyl (C=O) groups excluding carboxylic acids is 1. The molecule has 1 saturated heterocycles. The Bertz CT molecular complexity index is 705. The zero-order valence-corrected chi connectivity index (χ0v) is 12.9. The first-order chi connectivity index (χ1) is 11.2. The van der Waals surface area contributed by atoms with E-state index in [-0.39, 0.29) is 12.0 Å². The van der Waals surface area contributed by atoms with Crippen molar-refractivity contribution in [1.29, 1.82) is 0 Å². The third-order valence-corrected chi connectivity index (χ3v) is 4.20. The second-order valence-corrected chi connectivity index (χ2v) is 5.84. The van der Waals surface area contributed by atoms with E-state index >= 15 is 0 Å². The number of morpholine rings is 1. The average molecular weight is 314 g/mol. The molecule has 1 N–H and O–H groups in total. The van der Waals surface area contributed by atoms with Gasteiger partial charge in [-0.05, 0) is 18.6 Å². The molecule has 1 fully saturated rings. The summed E-state index contributed by atoms with van der Waals surface area (Å²) in [4.78, 5) is 18.8. The van der Waals surface area contributed by atoms with E-state index in [9.17, 15) is 4.79 Å². The van der Waals surface area contributed by atoms with E-state index in [1.54, 1.807) is 4.90 Å². The van der Waals surface area contributed by atoms with Crippen LogP contribution in [0.3, 0.4) is 0 Å². The highest BCUT2D eigenvalue weighted by Gasteiger charge is 2.35. The lowest BCUT2D eigenvalue weighted by molar-refractivity contribution is -0.146. The van der Waals surface area contributed by atoms with Crippen molar-refractivity contribution in [1.82, 2.24) is 20.1 Å². The summed E-state index contributed by atoms with van der Waals surface area (Å²) in [6.45, 7) is 3.33. The number of carbonyl (C=O) groups is 1. The fourth-order valence-electron chi connectivity index (χ4n) is 3.03. The highest BCUT2D eigenvalue weighted by Crippen LogP contribution is 2.30. The van der Waals surface area contributed by atoms with Crippen molar-refractivity contribution >= 4 is 5.91 Å². The summed E-state index contributed by atoms with van der Waals surface area (Å²) >= 11 is 0. The zero-order valence-electron chi connectivity index (χ0n) is 12.9. The van der Waals surface area contributed by atoms with Crippen LogP contribution in [0.25, 0.3) is 0 Å². The van der Waals surface area contributed by atoms with Crippen LogP contribution in [-0.2, 0) is 16.0 Å². The molecule has 120 valence electrons. The molecular weight excluding hydrogens is 296 g/mol. The molecule has 0 radical (unpaired) electrons. The molecule has 0 bridgehead atoms. The summed E-state index contributed by atoms with van der Waals surface area (Å²) < 4.78 is 11.5. The molecule has 23 heavy (non-hydrogen) atoms. The minimum absolute atomic E-state index is 0.00163. The third-order valence-electron chi connectivity index (χ3n) is 4.20. The third kappa shape index (κ3) is 2.68. The van der Waals surface area contributed by atoms with E-state index in [0.717, 1.165) is 17.1 Å². The summed E-state index contributed by atoms with van der Waals surface area (Å²) in [7, 11) is 0. The normalized spacial score (nSPS) is 23.4. The number of amides is 1. The van der Waals surface area contributed by atoms with Crippen molar-refractivity contribution in [3.8, 4) is 5.75 Å². The monoisotopic (exact) mass is 314 g/mol. The Hall–Kier alpha value is -2.41. The Kier molecular flexibility index (Phi) is 3.49. The standard InChI is InChI=1S/C16H18N4O3/c1-10-17-15(19-18-10)14-9-20(6-7-22-14)16(21)13-8-11-4-2-3-5-12(11)23-13/h2-5,13-14H,6-9H2,1H3,(H,17,18,19)/t13-,14-/m1/s1. The molecule has 7 heteroatoms. The van der Waals surface area contributed by atoms with Crippen molar-refractivity contribution < 1.29 is 14.3 Å². The number of nitrogens with one attached hydrogen (secondary N) is 1. The number of rotatable bonds is 2. The summed E-state index contributed by atoms with van der Waals surface area (Å²) in [6, 6.07) is 7.79. The largest absolute Gasteiger partial charge is 0.480 e. The average Bonchev–Trinajstić information content (AvgIpc) is 3.20. The molecule has 2 aliphatic heterocycles. The fourth-order valence-corrected chi connectivity index (χ4v) is 3.03. The molecule has 0 aliphatic carbocycles. The molecule has 0 spiro atoms. The van der Waals surface area contributed by atoms with E-state index in [1.807, 2.05) is 31.2 Å². The molecular formula is C16H18N4O3. The molecule has 2 aromatic rings. The second-order valence-electron chi connectivity index (χ2n) is 5.84. The zero-order chi connectivity index (χ0) is 15.8. The maximum absolute atomic E-state index is 12.7. The van der Waals surface area contributed by atoms with Gasteiger partial charge in [-0.3, -0.25) is 9.89 Å². The van der Waals surface area contributed by atoms with Crippen LogP contribution >= 0.6 is 0 Å². The van der Waals surface area contributed by atoms with Gasteiger partial charge in [-0.15, -0.1) is 0 Å². The van der Waals surface area contributed by atoms with E-state index < -0.39 is 6.10 Å². The molecule has 1 amide bonds. The van der Waals surface area contributed by atoms with Crippen molar-refractivity contribution in [3.05, 3.63) is 41.5 Å². The summed E-state index contributed by atoms with van der Waals surface area (Å²) in [5.41, 5.74) is 1.08. The Labute approximate surface area is 133 Å². The van der Waals surface area contributed by atoms with Crippen LogP contribution < -0.4 is 4.74 Å². The predicted octanol–water partition coefficient (Wildman–Crippen LogP) is 1.02. The van der Waals surface area contributed by atoms with Crippen molar-refractivity contribution in [2.45, 2.75) is 25.6 Å². The Morgan fingerprint density at radius 3 is 3.04 bits per heavy atom. The van der Waals surface area contributed by atoms with Crippen LogP contribution in [0.2, 0.25) is 0 Å². The highest BCUT2D eigenvalue weighted by atomic mass is 16.5. The van der Waals surface area contributed by atoms with E-state index in [1.165, 1.54) is 0 Å². The van der Waals surface area contributed by atoms with Gasteiger partial charge < -0.3 is 14.4 Å². The number of fused-ring (bicyclic) bond motifs is 1. The first-order valence-corrected chi connectivity index (χ1v) is 7.74. The first-order valence-electron chi connectivity index (χ1n) is 7.74. The van der Waals surface area contributed by atoms with Gasteiger partial charge in [0.25, 0.3) is 5.91 Å². The molecule has 3 heterocycles. The number of hydrogen-bond donors (Lipinski definition) is 1. The highest BCUT2D eigenvalue weighted by molar-refractivity contribution is 5.82. The number of aromatic amines is 1. The van der Waals surface area contributed by atoms with Gasteiger partial charge in [-0.2, -0.15) is 5.10 Å². The maximum Gasteiger partial charge on any atom is 0.264 e. The Morgan fingerprint density at radius 2 is 2.26 bits per heavy atom. The first kappa shape index (κ1) is 14.2. The number of aromatic nitrogens is 3. The number of hydrogen-bond acceptors (Lipinski definition) is 5. The topological polar surface area (TPSA) is 80.3 Å². The van der Waals surface area contributed by atoms with Gasteiger partial charge in [0.15, 0.2) is 11.9 Å². The molecule has 1 aromatic heterocycles. The van der Waals surface area contributed by atoms with Crippen LogP contribution in [0.15, 0.2) is 24.3 Å². The van der Waals surface area contributed by atoms with Crippen LogP contribution in [0.5, 0.6) is 5.75 Å². The Morgan fingerprint density at radius 1 is 1.39 bits per heavy atom. The van der Waals surface area contributed by atoms with Gasteiger partial charge >= 0.3 is 0 Å². The molecule has 0 saturated carbocycles. The number of aryl methyl sites for hydroxylation is 1. The molecule has 2 atom stereocenters. The van der Waals surface area contributed by atoms with Gasteiger partial charge in [-0.25, -0.2) is 4.98 Å². The van der Waals surface area contributed by atoms with E-state index in [2.05, 4.69) is 15.2 Å². The summed E-state index contributed by atoms with van der Waals surface area (Å²) in [5, 5.41) is 6.94. The summed E-state index contributed by atoms with van der Waals surface area (Å²) in [6.07, 6.45) is -0.113. The van der Waals surface area contributed by atoms with Gasteiger partial charge in [0.05, 0.1) is 13.2 Å². The molecule has 2 aliphatic rings. The van der Waals surface area contributed by atoms with Gasteiger partial charge in [0, 0.05) is 13.0 Å². The number of ether oxygens (including phenoxy) is 2. The van der Waals surface area contributed by atoms with Crippen LogP contribution in [0, 0.1) is 6.92 Å². The van der Waals surface area contributed by atoms with Crippen molar-refractivity contribution in [2.75, 3.05) is 19.7 Å². The number of benzene rings is 1. The van der Waals surface area contributed by atoms with Crippen LogP contribution in [-0.4, -0.2) is 51.8 Å².